The Labute approximate surface area is 68.3 Å². The molecule has 0 saturated carbocycles. The zero-order chi connectivity index (χ0) is 8.39. The lowest BCUT2D eigenvalue weighted by Crippen LogP contribution is -1.99. The zero-order valence-electron chi connectivity index (χ0n) is 6.12. The van der Waals surface area contributed by atoms with Gasteiger partial charge in [0.15, 0.2) is 5.75 Å². The van der Waals surface area contributed by atoms with Crippen molar-refractivity contribution in [3.8, 4) is 11.7 Å². The molecule has 0 saturated heterocycles. The van der Waals surface area contributed by atoms with Gasteiger partial charge >= 0.3 is 0 Å². The van der Waals surface area contributed by atoms with Crippen molar-refractivity contribution >= 4 is 0 Å². The summed E-state index contributed by atoms with van der Waals surface area (Å²) in [4.78, 5) is 7.72. The van der Waals surface area contributed by atoms with Crippen LogP contribution >= 0.6 is 0 Å². The normalized spacial score (nSPS) is 10.0. The van der Waals surface area contributed by atoms with Gasteiger partial charge < -0.3 is 5.11 Å². The number of hydrogen-bond donors (Lipinski definition) is 1. The molecule has 2 aromatic rings. The van der Waals surface area contributed by atoms with Crippen LogP contribution in [0.2, 0.25) is 0 Å². The van der Waals surface area contributed by atoms with Crippen LogP contribution in [0.25, 0.3) is 5.95 Å². The maximum atomic E-state index is 8.90. The zero-order valence-corrected chi connectivity index (χ0v) is 6.12. The lowest BCUT2D eigenvalue weighted by atomic mass is 10.6. The lowest BCUT2D eigenvalue weighted by molar-refractivity contribution is 0.468. The summed E-state index contributed by atoms with van der Waals surface area (Å²) in [7, 11) is 0. The molecule has 0 spiro atoms. The summed E-state index contributed by atoms with van der Waals surface area (Å²) >= 11 is 0. The minimum absolute atomic E-state index is 0.0471. The Morgan fingerprint density at radius 2 is 2.00 bits per heavy atom. The fourth-order valence-electron chi connectivity index (χ4n) is 0.820. The smallest absolute Gasteiger partial charge is 0.250 e. The summed E-state index contributed by atoms with van der Waals surface area (Å²) in [6.45, 7) is 0. The summed E-state index contributed by atoms with van der Waals surface area (Å²) < 4.78 is 1.51. The molecule has 0 fully saturated rings. The minimum atomic E-state index is 0.0471. The highest BCUT2D eigenvalue weighted by Gasteiger charge is 1.97. The molecule has 2 heterocycles. The van der Waals surface area contributed by atoms with Crippen molar-refractivity contribution in [2.45, 2.75) is 0 Å². The molecule has 12 heavy (non-hydrogen) atoms. The largest absolute Gasteiger partial charge is 0.505 e. The summed E-state index contributed by atoms with van der Waals surface area (Å²) in [5, 5.41) is 12.8. The molecule has 0 atom stereocenters. The third-order valence-corrected chi connectivity index (χ3v) is 1.33. The van der Waals surface area contributed by atoms with Gasteiger partial charge in [0.1, 0.15) is 0 Å². The highest BCUT2D eigenvalue weighted by atomic mass is 16.3. The van der Waals surface area contributed by atoms with Gasteiger partial charge in [-0.25, -0.2) is 14.6 Å². The van der Waals surface area contributed by atoms with Crippen LogP contribution in [0.4, 0.5) is 0 Å². The first kappa shape index (κ1) is 6.78. The predicted octanol–water partition coefficient (Wildman–Crippen LogP) is 0.368. The molecular formula is C7H6N4O. The maximum Gasteiger partial charge on any atom is 0.250 e. The van der Waals surface area contributed by atoms with Crippen LogP contribution in [0.1, 0.15) is 0 Å². The van der Waals surface area contributed by atoms with Crippen molar-refractivity contribution in [3.63, 3.8) is 0 Å². The van der Waals surface area contributed by atoms with Crippen molar-refractivity contribution in [1.29, 1.82) is 0 Å². The second-order valence-corrected chi connectivity index (χ2v) is 2.19. The van der Waals surface area contributed by atoms with E-state index < -0.39 is 0 Å². The second-order valence-electron chi connectivity index (χ2n) is 2.19. The van der Waals surface area contributed by atoms with Crippen LogP contribution in [0.15, 0.2) is 30.9 Å². The molecule has 5 heteroatoms. The molecule has 0 amide bonds. The Balaban J connectivity index is 2.43. The van der Waals surface area contributed by atoms with Crippen LogP contribution in [-0.2, 0) is 0 Å². The highest BCUT2D eigenvalue weighted by Crippen LogP contribution is 2.04. The number of aromatic nitrogens is 4. The molecule has 0 bridgehead atoms. The van der Waals surface area contributed by atoms with Crippen LogP contribution < -0.4 is 0 Å². The summed E-state index contributed by atoms with van der Waals surface area (Å²) in [6, 6.07) is 1.77. The quantitative estimate of drug-likeness (QED) is 0.657. The van der Waals surface area contributed by atoms with E-state index in [-0.39, 0.29) is 5.75 Å². The molecule has 2 aromatic heterocycles. The fourth-order valence-corrected chi connectivity index (χ4v) is 0.820. The van der Waals surface area contributed by atoms with E-state index >= 15 is 0 Å². The molecule has 0 aromatic carbocycles. The highest BCUT2D eigenvalue weighted by molar-refractivity contribution is 5.16. The SMILES string of the molecule is Oc1cnc(-n2cccn2)nc1. The number of aromatic hydroxyl groups is 1. The second kappa shape index (κ2) is 2.61. The minimum Gasteiger partial charge on any atom is -0.505 e. The van der Waals surface area contributed by atoms with Crippen molar-refractivity contribution in [2.75, 3.05) is 0 Å². The van der Waals surface area contributed by atoms with Crippen molar-refractivity contribution in [3.05, 3.63) is 30.9 Å². The first-order chi connectivity index (χ1) is 5.86. The predicted molar refractivity (Wildman–Crippen MR) is 40.8 cm³/mol. The first-order valence-corrected chi connectivity index (χ1v) is 3.37. The molecular weight excluding hydrogens is 156 g/mol. The lowest BCUT2D eigenvalue weighted by Gasteiger charge is -1.96. The van der Waals surface area contributed by atoms with Crippen LogP contribution in [-0.4, -0.2) is 24.9 Å². The Morgan fingerprint density at radius 3 is 2.58 bits per heavy atom. The van der Waals surface area contributed by atoms with Gasteiger partial charge in [0.25, 0.3) is 5.95 Å². The van der Waals surface area contributed by atoms with Crippen LogP contribution in [0, 0.1) is 0 Å². The van der Waals surface area contributed by atoms with E-state index in [2.05, 4.69) is 15.1 Å². The van der Waals surface area contributed by atoms with Crippen LogP contribution in [0.5, 0.6) is 5.75 Å². The summed E-state index contributed by atoms with van der Waals surface area (Å²) in [5.41, 5.74) is 0. The van der Waals surface area contributed by atoms with Crippen LogP contribution in [0.3, 0.4) is 0 Å². The molecule has 0 radical (unpaired) electrons. The Hall–Kier alpha value is -1.91. The monoisotopic (exact) mass is 162 g/mol. The van der Waals surface area contributed by atoms with Gasteiger partial charge in [0.05, 0.1) is 12.4 Å². The summed E-state index contributed by atoms with van der Waals surface area (Å²) in [5.74, 6) is 0.490. The first-order valence-electron chi connectivity index (χ1n) is 3.37. The van der Waals surface area contributed by atoms with E-state index in [0.29, 0.717) is 5.95 Å². The Kier molecular flexibility index (Phi) is 1.48. The molecule has 0 aliphatic carbocycles. The average Bonchev–Trinajstić information content (AvgIpc) is 2.58. The van der Waals surface area contributed by atoms with E-state index in [1.807, 2.05) is 0 Å². The molecule has 0 aliphatic rings. The van der Waals surface area contributed by atoms with Gasteiger partial charge in [0, 0.05) is 12.4 Å². The molecule has 0 aliphatic heterocycles. The Bertz CT molecular complexity index is 353. The van der Waals surface area contributed by atoms with Gasteiger partial charge in [0.2, 0.25) is 0 Å². The van der Waals surface area contributed by atoms with Crippen molar-refractivity contribution < 1.29 is 5.11 Å². The molecule has 5 nitrogen and oxygen atoms in total. The van der Waals surface area contributed by atoms with Gasteiger partial charge in [-0.05, 0) is 6.07 Å². The fraction of sp³-hybridized carbons (Fsp3) is 0. The van der Waals surface area contributed by atoms with E-state index in [0.717, 1.165) is 0 Å². The van der Waals surface area contributed by atoms with Gasteiger partial charge in [-0.1, -0.05) is 0 Å². The van der Waals surface area contributed by atoms with Crippen molar-refractivity contribution in [1.82, 2.24) is 19.7 Å². The van der Waals surface area contributed by atoms with Crippen molar-refractivity contribution in [2.24, 2.45) is 0 Å². The van der Waals surface area contributed by atoms with E-state index in [4.69, 9.17) is 5.11 Å². The third-order valence-electron chi connectivity index (χ3n) is 1.33. The number of hydrogen-bond acceptors (Lipinski definition) is 4. The molecule has 60 valence electrons. The third kappa shape index (κ3) is 1.12. The molecule has 0 unspecified atom stereocenters. The maximum absolute atomic E-state index is 8.90. The number of nitrogens with zero attached hydrogens (tertiary/aromatic N) is 4. The van der Waals surface area contributed by atoms with E-state index in [9.17, 15) is 0 Å². The van der Waals surface area contributed by atoms with Gasteiger partial charge in [-0.15, -0.1) is 0 Å². The average molecular weight is 162 g/mol. The summed E-state index contributed by atoms with van der Waals surface area (Å²) in [6.07, 6.45) is 6.01. The topological polar surface area (TPSA) is 63.8 Å². The van der Waals surface area contributed by atoms with Gasteiger partial charge in [-0.2, -0.15) is 5.10 Å². The van der Waals surface area contributed by atoms with E-state index in [1.54, 1.807) is 18.5 Å². The standard InChI is InChI=1S/C7H6N4O/c12-6-4-8-7(9-5-6)11-3-1-2-10-11/h1-5,12H. The Morgan fingerprint density at radius 1 is 1.25 bits per heavy atom. The molecule has 1 N–H and O–H groups in total. The molecule has 2 rings (SSSR count). The van der Waals surface area contributed by atoms with Gasteiger partial charge in [-0.3, -0.25) is 0 Å². The van der Waals surface area contributed by atoms with E-state index in [1.165, 1.54) is 17.1 Å². The number of rotatable bonds is 1.